The van der Waals surface area contributed by atoms with Crippen LogP contribution in [0.15, 0.2) is 23.5 Å². The molecule has 0 amide bonds. The first-order valence-electron chi connectivity index (χ1n) is 3.32. The third-order valence-electron chi connectivity index (χ3n) is 1.10. The van der Waals surface area contributed by atoms with Crippen LogP contribution in [0.1, 0.15) is 0 Å². The number of ether oxygens (including phenoxy) is 1. The standard InChI is InChI=1S/C6H12F2N4O/c1-12-4(10)2-3(9)5(11)13-6(7)8/h2,6,12H,9-11H2,1H3/b4-2+,5-3-. The Bertz CT molecular complexity index is 227. The van der Waals surface area contributed by atoms with Crippen molar-refractivity contribution in [3.8, 4) is 0 Å². The van der Waals surface area contributed by atoms with Crippen LogP contribution in [-0.4, -0.2) is 13.7 Å². The van der Waals surface area contributed by atoms with Crippen molar-refractivity contribution in [3.05, 3.63) is 23.5 Å². The number of allylic oxidation sites excluding steroid dienone is 1. The Morgan fingerprint density at radius 2 is 1.92 bits per heavy atom. The van der Waals surface area contributed by atoms with E-state index in [9.17, 15) is 8.78 Å². The minimum atomic E-state index is -3.00. The Morgan fingerprint density at radius 1 is 1.38 bits per heavy atom. The number of alkyl halides is 2. The summed E-state index contributed by atoms with van der Waals surface area (Å²) in [7, 11) is 1.54. The van der Waals surface area contributed by atoms with Crippen molar-refractivity contribution in [3.63, 3.8) is 0 Å². The van der Waals surface area contributed by atoms with Crippen LogP contribution in [0.5, 0.6) is 0 Å². The lowest BCUT2D eigenvalue weighted by molar-refractivity contribution is -0.0976. The summed E-state index contributed by atoms with van der Waals surface area (Å²) in [5.41, 5.74) is 15.4. The minimum absolute atomic E-state index is 0.160. The number of halogens is 2. The van der Waals surface area contributed by atoms with Gasteiger partial charge in [-0.1, -0.05) is 0 Å². The summed E-state index contributed by atoms with van der Waals surface area (Å²) in [5, 5.41) is 2.53. The van der Waals surface area contributed by atoms with Crippen LogP contribution in [0.4, 0.5) is 8.78 Å². The fraction of sp³-hybridized carbons (Fsp3) is 0.333. The average Bonchev–Trinajstić information content (AvgIpc) is 2.02. The molecule has 0 saturated carbocycles. The first-order chi connectivity index (χ1) is 5.97. The Morgan fingerprint density at radius 3 is 2.31 bits per heavy atom. The van der Waals surface area contributed by atoms with Gasteiger partial charge >= 0.3 is 6.61 Å². The van der Waals surface area contributed by atoms with Crippen LogP contribution in [0.2, 0.25) is 0 Å². The van der Waals surface area contributed by atoms with E-state index in [2.05, 4.69) is 10.1 Å². The van der Waals surface area contributed by atoms with Crippen molar-refractivity contribution in [1.82, 2.24) is 5.32 Å². The van der Waals surface area contributed by atoms with Crippen LogP contribution in [0.3, 0.4) is 0 Å². The highest BCUT2D eigenvalue weighted by Gasteiger charge is 2.06. The van der Waals surface area contributed by atoms with Crippen molar-refractivity contribution >= 4 is 0 Å². The molecule has 76 valence electrons. The quantitative estimate of drug-likeness (QED) is 0.351. The average molecular weight is 194 g/mol. The van der Waals surface area contributed by atoms with E-state index in [4.69, 9.17) is 17.2 Å². The minimum Gasteiger partial charge on any atom is -0.417 e. The summed E-state index contributed by atoms with van der Waals surface area (Å²) >= 11 is 0. The van der Waals surface area contributed by atoms with E-state index >= 15 is 0 Å². The van der Waals surface area contributed by atoms with E-state index < -0.39 is 12.5 Å². The molecule has 0 heterocycles. The summed E-state index contributed by atoms with van der Waals surface area (Å²) in [6, 6.07) is 0. The van der Waals surface area contributed by atoms with E-state index in [1.165, 1.54) is 6.08 Å². The first kappa shape index (κ1) is 11.3. The zero-order valence-electron chi connectivity index (χ0n) is 7.05. The molecule has 0 aliphatic rings. The Kier molecular flexibility index (Phi) is 4.42. The van der Waals surface area contributed by atoms with Gasteiger partial charge < -0.3 is 27.3 Å². The highest BCUT2D eigenvalue weighted by atomic mass is 19.3. The maximum absolute atomic E-state index is 11.6. The van der Waals surface area contributed by atoms with Gasteiger partial charge in [0, 0.05) is 13.1 Å². The third kappa shape index (κ3) is 4.72. The zero-order valence-corrected chi connectivity index (χ0v) is 7.05. The molecule has 0 aliphatic carbocycles. The maximum atomic E-state index is 11.6. The fourth-order valence-electron chi connectivity index (χ4n) is 0.475. The Hall–Kier alpha value is -1.66. The van der Waals surface area contributed by atoms with Crippen molar-refractivity contribution in [2.75, 3.05) is 7.05 Å². The molecule has 0 aliphatic heterocycles. The molecule has 0 rings (SSSR count). The topological polar surface area (TPSA) is 99.3 Å². The molecule has 0 fully saturated rings. The first-order valence-corrected chi connectivity index (χ1v) is 3.32. The van der Waals surface area contributed by atoms with Gasteiger partial charge in [-0.05, 0) is 0 Å². The van der Waals surface area contributed by atoms with Gasteiger partial charge in [-0.2, -0.15) is 8.78 Å². The molecule has 13 heavy (non-hydrogen) atoms. The molecule has 7 heteroatoms. The molecular weight excluding hydrogens is 182 g/mol. The number of hydrogen-bond donors (Lipinski definition) is 4. The van der Waals surface area contributed by atoms with Crippen LogP contribution in [-0.2, 0) is 4.74 Å². The summed E-state index contributed by atoms with van der Waals surface area (Å²) in [6.07, 6.45) is 1.18. The van der Waals surface area contributed by atoms with Gasteiger partial charge in [0.25, 0.3) is 0 Å². The van der Waals surface area contributed by atoms with Gasteiger partial charge in [-0.3, -0.25) is 0 Å². The highest BCUT2D eigenvalue weighted by molar-refractivity contribution is 5.20. The van der Waals surface area contributed by atoms with Gasteiger partial charge in [0.15, 0.2) is 0 Å². The van der Waals surface area contributed by atoms with Gasteiger partial charge in [0.1, 0.15) is 0 Å². The molecule has 0 saturated heterocycles. The van der Waals surface area contributed by atoms with E-state index in [0.29, 0.717) is 0 Å². The molecule has 0 aromatic carbocycles. The smallest absolute Gasteiger partial charge is 0.388 e. The van der Waals surface area contributed by atoms with Gasteiger partial charge in [0.05, 0.1) is 11.5 Å². The van der Waals surface area contributed by atoms with Crippen LogP contribution >= 0.6 is 0 Å². The van der Waals surface area contributed by atoms with Gasteiger partial charge in [-0.15, -0.1) is 0 Å². The second-order valence-electron chi connectivity index (χ2n) is 2.05. The fourth-order valence-corrected chi connectivity index (χ4v) is 0.475. The number of hydrogen-bond acceptors (Lipinski definition) is 5. The molecule has 0 spiro atoms. The SMILES string of the molecule is CN/C(N)=C/C(N)=C(\N)OC(F)F. The molecule has 0 unspecified atom stereocenters. The zero-order chi connectivity index (χ0) is 10.4. The maximum Gasteiger partial charge on any atom is 0.388 e. The van der Waals surface area contributed by atoms with Crippen LogP contribution in [0.25, 0.3) is 0 Å². The highest BCUT2D eigenvalue weighted by Crippen LogP contribution is 2.03. The largest absolute Gasteiger partial charge is 0.417 e. The molecule has 5 nitrogen and oxygen atoms in total. The van der Waals surface area contributed by atoms with E-state index in [0.717, 1.165) is 0 Å². The Labute approximate surface area is 74.2 Å². The molecule has 0 bridgehead atoms. The van der Waals surface area contributed by atoms with Gasteiger partial charge in [0.2, 0.25) is 5.88 Å². The molecule has 0 aromatic heterocycles. The normalized spacial score (nSPS) is 14.0. The molecule has 7 N–H and O–H groups in total. The summed E-state index contributed by atoms with van der Waals surface area (Å²) < 4.78 is 27.0. The molecule has 0 radical (unpaired) electrons. The molecule has 0 aromatic rings. The number of rotatable bonds is 4. The van der Waals surface area contributed by atoms with E-state index in [-0.39, 0.29) is 11.5 Å². The van der Waals surface area contributed by atoms with E-state index in [1.54, 1.807) is 7.05 Å². The predicted molar refractivity (Wildman–Crippen MR) is 43.8 cm³/mol. The van der Waals surface area contributed by atoms with Crippen molar-refractivity contribution in [1.29, 1.82) is 0 Å². The third-order valence-corrected chi connectivity index (χ3v) is 1.10. The lowest BCUT2D eigenvalue weighted by atomic mass is 10.4. The van der Waals surface area contributed by atoms with Crippen LogP contribution in [0, 0.1) is 0 Å². The summed E-state index contributed by atoms with van der Waals surface area (Å²) in [6.45, 7) is -3.00. The molecular formula is C6H12F2N4O. The van der Waals surface area contributed by atoms with Gasteiger partial charge in [-0.25, -0.2) is 0 Å². The van der Waals surface area contributed by atoms with E-state index in [1.807, 2.05) is 0 Å². The van der Waals surface area contributed by atoms with Crippen molar-refractivity contribution in [2.45, 2.75) is 6.61 Å². The lowest BCUT2D eigenvalue weighted by Crippen LogP contribution is -2.19. The van der Waals surface area contributed by atoms with Crippen molar-refractivity contribution in [2.24, 2.45) is 17.2 Å². The molecule has 0 atom stereocenters. The number of nitrogens with two attached hydrogens (primary N) is 3. The van der Waals surface area contributed by atoms with Crippen molar-refractivity contribution < 1.29 is 13.5 Å². The predicted octanol–water partition coefficient (Wildman–Crippen LogP) is -0.668. The Balaban J connectivity index is 4.43. The summed E-state index contributed by atoms with van der Waals surface area (Å²) in [4.78, 5) is 0. The number of nitrogens with one attached hydrogen (secondary N) is 1. The van der Waals surface area contributed by atoms with Crippen LogP contribution < -0.4 is 22.5 Å². The lowest BCUT2D eigenvalue weighted by Gasteiger charge is -2.06. The summed E-state index contributed by atoms with van der Waals surface area (Å²) in [5.74, 6) is -0.369. The monoisotopic (exact) mass is 194 g/mol. The second kappa shape index (κ2) is 5.07. The second-order valence-corrected chi connectivity index (χ2v) is 2.05.